The first-order valence-corrected chi connectivity index (χ1v) is 9.68. The Morgan fingerprint density at radius 2 is 1.52 bits per heavy atom. The third-order valence-corrected chi connectivity index (χ3v) is 4.26. The van der Waals surface area contributed by atoms with E-state index < -0.39 is 0 Å². The smallest absolute Gasteiger partial charge is 0.191 e. The molecule has 29 heavy (non-hydrogen) atoms. The second kappa shape index (κ2) is 11.7. The van der Waals surface area contributed by atoms with Crippen LogP contribution in [0, 0.1) is 0 Å². The molecule has 0 atom stereocenters. The van der Waals surface area contributed by atoms with Gasteiger partial charge in [-0.05, 0) is 26.0 Å². The van der Waals surface area contributed by atoms with Crippen molar-refractivity contribution in [3.63, 3.8) is 0 Å². The molecule has 0 amide bonds. The standard InChI is InChI=1S/C22H31N3O4/c1-6-23-22(24-14-16-10-8-9-11-18(16)29-7-2)25-15-17-12-20(27-4)21(28-5)13-19(17)26-3/h8-13H,6-7,14-15H2,1-5H3,(H2,23,24,25). The highest BCUT2D eigenvalue weighted by Gasteiger charge is 2.12. The van der Waals surface area contributed by atoms with E-state index in [4.69, 9.17) is 23.9 Å². The van der Waals surface area contributed by atoms with Crippen LogP contribution in [0.4, 0.5) is 0 Å². The van der Waals surface area contributed by atoms with Crippen molar-refractivity contribution >= 4 is 5.96 Å². The molecule has 2 N–H and O–H groups in total. The molecule has 7 nitrogen and oxygen atoms in total. The molecule has 2 rings (SSSR count). The van der Waals surface area contributed by atoms with Gasteiger partial charge < -0.3 is 29.6 Å². The molecule has 0 aromatic heterocycles. The topological polar surface area (TPSA) is 73.3 Å². The van der Waals surface area contributed by atoms with E-state index in [2.05, 4.69) is 10.6 Å². The Balaban J connectivity index is 2.17. The first-order valence-electron chi connectivity index (χ1n) is 9.68. The van der Waals surface area contributed by atoms with Gasteiger partial charge in [-0.3, -0.25) is 0 Å². The maximum atomic E-state index is 5.69. The zero-order valence-corrected chi connectivity index (χ0v) is 17.9. The predicted molar refractivity (Wildman–Crippen MR) is 115 cm³/mol. The number of hydrogen-bond donors (Lipinski definition) is 2. The first kappa shape index (κ1) is 22.2. The highest BCUT2D eigenvalue weighted by molar-refractivity contribution is 5.79. The summed E-state index contributed by atoms with van der Waals surface area (Å²) in [6.07, 6.45) is 0. The number of hydrogen-bond acceptors (Lipinski definition) is 5. The van der Waals surface area contributed by atoms with Crippen LogP contribution in [-0.4, -0.2) is 40.4 Å². The maximum absolute atomic E-state index is 5.69. The van der Waals surface area contributed by atoms with Gasteiger partial charge in [0.2, 0.25) is 0 Å². The Kier molecular flexibility index (Phi) is 8.95. The number of methoxy groups -OCH3 is 3. The zero-order valence-electron chi connectivity index (χ0n) is 17.9. The van der Waals surface area contributed by atoms with E-state index in [9.17, 15) is 0 Å². The van der Waals surface area contributed by atoms with Gasteiger partial charge in [-0.1, -0.05) is 18.2 Å². The van der Waals surface area contributed by atoms with Crippen LogP contribution in [0.2, 0.25) is 0 Å². The van der Waals surface area contributed by atoms with Gasteiger partial charge >= 0.3 is 0 Å². The van der Waals surface area contributed by atoms with Crippen LogP contribution in [0.5, 0.6) is 23.0 Å². The van der Waals surface area contributed by atoms with Gasteiger partial charge in [0, 0.05) is 30.3 Å². The molecule has 0 spiro atoms. The minimum absolute atomic E-state index is 0.423. The van der Waals surface area contributed by atoms with Crippen LogP contribution in [0.15, 0.2) is 41.4 Å². The Labute approximate surface area is 173 Å². The fraction of sp³-hybridized carbons (Fsp3) is 0.409. The van der Waals surface area contributed by atoms with Gasteiger partial charge in [0.1, 0.15) is 11.5 Å². The van der Waals surface area contributed by atoms with E-state index in [0.29, 0.717) is 42.9 Å². The Hall–Kier alpha value is -3.09. The van der Waals surface area contributed by atoms with Crippen molar-refractivity contribution in [1.82, 2.24) is 10.6 Å². The van der Waals surface area contributed by atoms with E-state index in [1.807, 2.05) is 50.2 Å². The van der Waals surface area contributed by atoms with Crippen LogP contribution in [-0.2, 0) is 13.1 Å². The summed E-state index contributed by atoms with van der Waals surface area (Å²) in [5.74, 6) is 3.54. The first-order chi connectivity index (χ1) is 14.2. The quantitative estimate of drug-likeness (QED) is 0.470. The number of nitrogens with zero attached hydrogens (tertiary/aromatic N) is 1. The van der Waals surface area contributed by atoms with Crippen molar-refractivity contribution in [2.45, 2.75) is 26.9 Å². The van der Waals surface area contributed by atoms with E-state index >= 15 is 0 Å². The predicted octanol–water partition coefficient (Wildman–Crippen LogP) is 3.37. The number of aliphatic imine (C=N–C) groups is 1. The van der Waals surface area contributed by atoms with Crippen molar-refractivity contribution in [1.29, 1.82) is 0 Å². The summed E-state index contributed by atoms with van der Waals surface area (Å²) in [6, 6.07) is 11.7. The molecule has 158 valence electrons. The molecule has 0 heterocycles. The maximum Gasteiger partial charge on any atom is 0.191 e. The largest absolute Gasteiger partial charge is 0.496 e. The van der Waals surface area contributed by atoms with E-state index in [1.54, 1.807) is 21.3 Å². The molecule has 0 saturated carbocycles. The Bertz CT molecular complexity index is 809. The summed E-state index contributed by atoms with van der Waals surface area (Å²) in [7, 11) is 4.84. The molecule has 0 aliphatic heterocycles. The van der Waals surface area contributed by atoms with Crippen LogP contribution in [0.1, 0.15) is 25.0 Å². The summed E-state index contributed by atoms with van der Waals surface area (Å²) in [5.41, 5.74) is 1.97. The third-order valence-electron chi connectivity index (χ3n) is 4.26. The van der Waals surface area contributed by atoms with Gasteiger partial charge in [-0.25, -0.2) is 4.99 Å². The molecule has 0 radical (unpaired) electrons. The minimum Gasteiger partial charge on any atom is -0.496 e. The average molecular weight is 402 g/mol. The number of para-hydroxylation sites is 1. The molecule has 0 bridgehead atoms. The van der Waals surface area contributed by atoms with Crippen LogP contribution < -0.4 is 29.6 Å². The van der Waals surface area contributed by atoms with Crippen LogP contribution in [0.25, 0.3) is 0 Å². The lowest BCUT2D eigenvalue weighted by atomic mass is 10.1. The summed E-state index contributed by atoms with van der Waals surface area (Å²) in [5, 5.41) is 6.62. The number of benzene rings is 2. The molecular formula is C22H31N3O4. The second-order valence-corrected chi connectivity index (χ2v) is 6.11. The SMILES string of the molecule is CCNC(=NCc1cc(OC)c(OC)cc1OC)NCc1ccccc1OCC. The molecular weight excluding hydrogens is 370 g/mol. The summed E-state index contributed by atoms with van der Waals surface area (Å²) in [6.45, 7) is 6.41. The van der Waals surface area contributed by atoms with Gasteiger partial charge in [-0.2, -0.15) is 0 Å². The monoisotopic (exact) mass is 401 g/mol. The Morgan fingerprint density at radius 1 is 0.828 bits per heavy atom. The molecule has 2 aromatic rings. The van der Waals surface area contributed by atoms with Crippen molar-refractivity contribution in [3.05, 3.63) is 47.5 Å². The molecule has 0 unspecified atom stereocenters. The second-order valence-electron chi connectivity index (χ2n) is 6.11. The number of rotatable bonds is 10. The number of guanidine groups is 1. The lowest BCUT2D eigenvalue weighted by Gasteiger charge is -2.15. The third kappa shape index (κ3) is 6.20. The van der Waals surface area contributed by atoms with Gasteiger partial charge in [0.05, 0.1) is 34.5 Å². The van der Waals surface area contributed by atoms with E-state index in [0.717, 1.165) is 23.4 Å². The highest BCUT2D eigenvalue weighted by atomic mass is 16.5. The fourth-order valence-corrected chi connectivity index (χ4v) is 2.85. The number of nitrogens with one attached hydrogen (secondary N) is 2. The lowest BCUT2D eigenvalue weighted by molar-refractivity contribution is 0.336. The fourth-order valence-electron chi connectivity index (χ4n) is 2.85. The average Bonchev–Trinajstić information content (AvgIpc) is 2.76. The molecule has 0 aliphatic rings. The van der Waals surface area contributed by atoms with Crippen molar-refractivity contribution < 1.29 is 18.9 Å². The van der Waals surface area contributed by atoms with Crippen molar-refractivity contribution in [2.75, 3.05) is 34.5 Å². The van der Waals surface area contributed by atoms with Crippen LogP contribution >= 0.6 is 0 Å². The van der Waals surface area contributed by atoms with Gasteiger partial charge in [-0.15, -0.1) is 0 Å². The molecule has 2 aromatic carbocycles. The summed E-state index contributed by atoms with van der Waals surface area (Å²) in [4.78, 5) is 4.69. The van der Waals surface area contributed by atoms with Gasteiger partial charge in [0.15, 0.2) is 17.5 Å². The normalized spacial score (nSPS) is 11.0. The summed E-state index contributed by atoms with van der Waals surface area (Å²) >= 11 is 0. The molecule has 0 fully saturated rings. The van der Waals surface area contributed by atoms with E-state index in [1.165, 1.54) is 0 Å². The highest BCUT2D eigenvalue weighted by Crippen LogP contribution is 2.34. The molecule has 7 heteroatoms. The van der Waals surface area contributed by atoms with E-state index in [-0.39, 0.29) is 0 Å². The zero-order chi connectivity index (χ0) is 21.1. The van der Waals surface area contributed by atoms with Gasteiger partial charge in [0.25, 0.3) is 0 Å². The number of ether oxygens (including phenoxy) is 4. The van der Waals surface area contributed by atoms with Crippen LogP contribution in [0.3, 0.4) is 0 Å². The molecule has 0 saturated heterocycles. The summed E-state index contributed by atoms with van der Waals surface area (Å²) < 4.78 is 21.9. The minimum atomic E-state index is 0.423. The van der Waals surface area contributed by atoms with Crippen molar-refractivity contribution in [3.8, 4) is 23.0 Å². The Morgan fingerprint density at radius 3 is 2.17 bits per heavy atom. The van der Waals surface area contributed by atoms with Crippen molar-refractivity contribution in [2.24, 2.45) is 4.99 Å². The lowest BCUT2D eigenvalue weighted by Crippen LogP contribution is -2.36. The molecule has 0 aliphatic carbocycles.